The monoisotopic (exact) mass is 289 g/mol. The molecule has 2 aromatic carbocycles. The van der Waals surface area contributed by atoms with Gasteiger partial charge in [0.25, 0.3) is 5.69 Å². The highest BCUT2D eigenvalue weighted by atomic mass is 32.2. The van der Waals surface area contributed by atoms with Crippen LogP contribution in [0.2, 0.25) is 0 Å². The number of nitro benzene ring substituents is 1. The fraction of sp³-hybridized carbons (Fsp3) is 0.200. The molecule has 0 radical (unpaired) electrons. The molecule has 0 amide bonds. The van der Waals surface area contributed by atoms with Gasteiger partial charge in [0, 0.05) is 21.9 Å². The normalized spacial score (nSPS) is 10.3. The summed E-state index contributed by atoms with van der Waals surface area (Å²) >= 11 is 1.60. The van der Waals surface area contributed by atoms with Gasteiger partial charge in [-0.15, -0.1) is 0 Å². The summed E-state index contributed by atoms with van der Waals surface area (Å²) in [5, 5.41) is 10.6. The van der Waals surface area contributed by atoms with Crippen molar-refractivity contribution in [2.45, 2.75) is 23.1 Å². The molecule has 0 saturated carbocycles. The van der Waals surface area contributed by atoms with Crippen LogP contribution < -0.4 is 4.74 Å². The van der Waals surface area contributed by atoms with E-state index in [0.717, 1.165) is 22.0 Å². The predicted octanol–water partition coefficient (Wildman–Crippen LogP) is 4.32. The Labute approximate surface area is 121 Å². The molecule has 0 aliphatic heterocycles. The van der Waals surface area contributed by atoms with Crippen LogP contribution in [0.25, 0.3) is 0 Å². The standard InChI is InChI=1S/C15H15NO3S/c1-3-11-10-13(19-2)6-9-15(11)20-14-7-4-12(5-8-14)16(17)18/h4-10H,3H2,1-2H3. The highest BCUT2D eigenvalue weighted by Gasteiger charge is 2.08. The lowest BCUT2D eigenvalue weighted by Crippen LogP contribution is -1.90. The molecule has 0 bridgehead atoms. The molecule has 0 spiro atoms. The third-order valence-corrected chi connectivity index (χ3v) is 4.05. The first-order valence-electron chi connectivity index (χ1n) is 6.23. The van der Waals surface area contributed by atoms with E-state index in [9.17, 15) is 10.1 Å². The largest absolute Gasteiger partial charge is 0.497 e. The number of rotatable bonds is 5. The topological polar surface area (TPSA) is 52.4 Å². The van der Waals surface area contributed by atoms with Crippen molar-refractivity contribution < 1.29 is 9.66 Å². The van der Waals surface area contributed by atoms with Gasteiger partial charge in [0.15, 0.2) is 0 Å². The first kappa shape index (κ1) is 14.4. The van der Waals surface area contributed by atoms with Crippen molar-refractivity contribution in [2.24, 2.45) is 0 Å². The van der Waals surface area contributed by atoms with E-state index in [1.807, 2.05) is 18.2 Å². The molecule has 0 aliphatic rings. The number of aryl methyl sites for hydroxylation is 1. The molecule has 0 heterocycles. The molecule has 2 aromatic rings. The first-order valence-corrected chi connectivity index (χ1v) is 7.05. The van der Waals surface area contributed by atoms with Crippen LogP contribution in [0.5, 0.6) is 5.75 Å². The zero-order valence-corrected chi connectivity index (χ0v) is 12.1. The zero-order valence-electron chi connectivity index (χ0n) is 11.3. The molecule has 0 N–H and O–H groups in total. The Bertz CT molecular complexity index is 611. The van der Waals surface area contributed by atoms with E-state index >= 15 is 0 Å². The van der Waals surface area contributed by atoms with Gasteiger partial charge < -0.3 is 4.74 Å². The molecular formula is C15H15NO3S. The zero-order chi connectivity index (χ0) is 14.5. The summed E-state index contributed by atoms with van der Waals surface area (Å²) in [5.74, 6) is 0.842. The number of hydrogen-bond donors (Lipinski definition) is 0. The maximum Gasteiger partial charge on any atom is 0.269 e. The van der Waals surface area contributed by atoms with Crippen LogP contribution in [0.3, 0.4) is 0 Å². The van der Waals surface area contributed by atoms with E-state index in [0.29, 0.717) is 0 Å². The van der Waals surface area contributed by atoms with E-state index in [4.69, 9.17) is 4.74 Å². The summed E-state index contributed by atoms with van der Waals surface area (Å²) in [6.45, 7) is 2.09. The molecule has 0 saturated heterocycles. The maximum atomic E-state index is 10.6. The molecule has 0 aliphatic carbocycles. The van der Waals surface area contributed by atoms with Gasteiger partial charge >= 0.3 is 0 Å². The number of nitro groups is 1. The van der Waals surface area contributed by atoms with E-state index in [1.54, 1.807) is 31.0 Å². The third kappa shape index (κ3) is 3.30. The minimum absolute atomic E-state index is 0.111. The van der Waals surface area contributed by atoms with Crippen molar-refractivity contribution in [2.75, 3.05) is 7.11 Å². The lowest BCUT2D eigenvalue weighted by molar-refractivity contribution is -0.384. The molecule has 2 rings (SSSR count). The summed E-state index contributed by atoms with van der Waals surface area (Å²) in [6.07, 6.45) is 0.909. The van der Waals surface area contributed by atoms with Gasteiger partial charge in [0.1, 0.15) is 5.75 Å². The minimum atomic E-state index is -0.390. The fourth-order valence-corrected chi connectivity index (χ4v) is 2.82. The van der Waals surface area contributed by atoms with E-state index in [2.05, 4.69) is 6.92 Å². The van der Waals surface area contributed by atoms with Crippen molar-refractivity contribution in [3.63, 3.8) is 0 Å². The Morgan fingerprint density at radius 3 is 2.45 bits per heavy atom. The van der Waals surface area contributed by atoms with Crippen LogP contribution in [0.15, 0.2) is 52.3 Å². The van der Waals surface area contributed by atoms with Gasteiger partial charge in [-0.2, -0.15) is 0 Å². The van der Waals surface area contributed by atoms with Crippen LogP contribution in [0.4, 0.5) is 5.69 Å². The summed E-state index contributed by atoms with van der Waals surface area (Å²) in [4.78, 5) is 12.4. The molecule has 0 unspecified atom stereocenters. The van der Waals surface area contributed by atoms with Crippen LogP contribution >= 0.6 is 11.8 Å². The summed E-state index contributed by atoms with van der Waals surface area (Å²) in [6, 6.07) is 12.6. The van der Waals surface area contributed by atoms with Crippen molar-refractivity contribution in [3.8, 4) is 5.75 Å². The Kier molecular flexibility index (Phi) is 4.63. The Hall–Kier alpha value is -2.01. The Morgan fingerprint density at radius 1 is 1.20 bits per heavy atom. The number of ether oxygens (including phenoxy) is 1. The molecular weight excluding hydrogens is 274 g/mol. The molecule has 0 atom stereocenters. The SMILES string of the molecule is CCc1cc(OC)ccc1Sc1ccc([N+](=O)[O-])cc1. The van der Waals surface area contributed by atoms with Crippen LogP contribution in [0.1, 0.15) is 12.5 Å². The molecule has 5 heteroatoms. The second kappa shape index (κ2) is 6.43. The molecule has 104 valence electrons. The summed E-state index contributed by atoms with van der Waals surface area (Å²) < 4.78 is 5.22. The Balaban J connectivity index is 2.23. The molecule has 4 nitrogen and oxygen atoms in total. The number of non-ortho nitro benzene ring substituents is 1. The van der Waals surface area contributed by atoms with Crippen molar-refractivity contribution in [3.05, 3.63) is 58.1 Å². The summed E-state index contributed by atoms with van der Waals surface area (Å²) in [5.41, 5.74) is 1.31. The van der Waals surface area contributed by atoms with Crippen LogP contribution in [0, 0.1) is 10.1 Å². The molecule has 20 heavy (non-hydrogen) atoms. The van der Waals surface area contributed by atoms with Gasteiger partial charge in [-0.1, -0.05) is 18.7 Å². The number of benzene rings is 2. The van der Waals surface area contributed by atoms with Gasteiger partial charge in [-0.3, -0.25) is 10.1 Å². The van der Waals surface area contributed by atoms with Crippen LogP contribution in [-0.2, 0) is 6.42 Å². The first-order chi connectivity index (χ1) is 9.63. The molecule has 0 fully saturated rings. The second-order valence-corrected chi connectivity index (χ2v) is 5.30. The lowest BCUT2D eigenvalue weighted by atomic mass is 10.1. The summed E-state index contributed by atoms with van der Waals surface area (Å²) in [7, 11) is 1.65. The number of methoxy groups -OCH3 is 1. The van der Waals surface area contributed by atoms with Crippen molar-refractivity contribution >= 4 is 17.4 Å². The predicted molar refractivity (Wildman–Crippen MR) is 79.6 cm³/mol. The van der Waals surface area contributed by atoms with Gasteiger partial charge in [-0.25, -0.2) is 0 Å². The van der Waals surface area contributed by atoms with Gasteiger partial charge in [0.2, 0.25) is 0 Å². The highest BCUT2D eigenvalue weighted by Crippen LogP contribution is 2.33. The third-order valence-electron chi connectivity index (χ3n) is 2.92. The molecule has 0 aromatic heterocycles. The van der Waals surface area contributed by atoms with Crippen molar-refractivity contribution in [1.82, 2.24) is 0 Å². The smallest absolute Gasteiger partial charge is 0.269 e. The van der Waals surface area contributed by atoms with E-state index < -0.39 is 0 Å². The average Bonchev–Trinajstić information content (AvgIpc) is 2.48. The highest BCUT2D eigenvalue weighted by molar-refractivity contribution is 7.99. The van der Waals surface area contributed by atoms with Gasteiger partial charge in [-0.05, 0) is 42.3 Å². The lowest BCUT2D eigenvalue weighted by Gasteiger charge is -2.09. The Morgan fingerprint density at radius 2 is 1.90 bits per heavy atom. The van der Waals surface area contributed by atoms with Crippen LogP contribution in [-0.4, -0.2) is 12.0 Å². The number of nitrogens with zero attached hydrogens (tertiary/aromatic N) is 1. The fourth-order valence-electron chi connectivity index (χ4n) is 1.82. The van der Waals surface area contributed by atoms with Crippen molar-refractivity contribution in [1.29, 1.82) is 0 Å². The maximum absolute atomic E-state index is 10.6. The van der Waals surface area contributed by atoms with E-state index in [1.165, 1.54) is 17.7 Å². The quantitative estimate of drug-likeness (QED) is 0.607. The number of hydrogen-bond acceptors (Lipinski definition) is 4. The minimum Gasteiger partial charge on any atom is -0.497 e. The average molecular weight is 289 g/mol. The van der Waals surface area contributed by atoms with E-state index in [-0.39, 0.29) is 10.6 Å². The van der Waals surface area contributed by atoms with Gasteiger partial charge in [0.05, 0.1) is 12.0 Å². The second-order valence-electron chi connectivity index (χ2n) is 4.18.